The van der Waals surface area contributed by atoms with Gasteiger partial charge in [0, 0.05) is 12.8 Å². The summed E-state index contributed by atoms with van der Waals surface area (Å²) in [5, 5.41) is 0. The Labute approximate surface area is 84.7 Å². The van der Waals surface area contributed by atoms with Gasteiger partial charge < -0.3 is 0 Å². The Hall–Kier alpha value is -0.420. The predicted molar refractivity (Wildman–Crippen MR) is 57.8 cm³/mol. The fourth-order valence-electron chi connectivity index (χ4n) is 1.56. The van der Waals surface area contributed by atoms with E-state index in [1.165, 1.54) is 6.42 Å². The summed E-state index contributed by atoms with van der Waals surface area (Å²) in [5.41, 5.74) is 0. The molecular weight excluding hydrogens is 180 g/mol. The highest BCUT2D eigenvalue weighted by molar-refractivity contribution is 8.01. The Balaban J connectivity index is 2.40. The van der Waals surface area contributed by atoms with E-state index in [0.717, 1.165) is 18.6 Å². The molecule has 72 valence electrons. The molecular formula is C11H16OS. The first-order valence-corrected chi connectivity index (χ1v) is 5.74. The van der Waals surface area contributed by atoms with E-state index in [1.54, 1.807) is 0 Å². The van der Waals surface area contributed by atoms with Crippen LogP contribution in [0.15, 0.2) is 0 Å². The van der Waals surface area contributed by atoms with E-state index >= 15 is 0 Å². The maximum absolute atomic E-state index is 11.8. The highest BCUT2D eigenvalue weighted by Crippen LogP contribution is 2.39. The molecule has 1 saturated heterocycles. The average molecular weight is 196 g/mol. The Morgan fingerprint density at radius 2 is 2.38 bits per heavy atom. The van der Waals surface area contributed by atoms with E-state index in [2.05, 4.69) is 18.8 Å². The minimum atomic E-state index is -0.0879. The zero-order chi connectivity index (χ0) is 9.73. The Bertz CT molecular complexity index is 241. The third-order valence-electron chi connectivity index (χ3n) is 2.46. The fourth-order valence-corrected chi connectivity index (χ4v) is 2.86. The first-order valence-electron chi connectivity index (χ1n) is 4.76. The lowest BCUT2D eigenvalue weighted by Gasteiger charge is -2.19. The maximum Gasteiger partial charge on any atom is 0.149 e. The average Bonchev–Trinajstić information content (AvgIpc) is 2.54. The van der Waals surface area contributed by atoms with Crippen molar-refractivity contribution in [3.05, 3.63) is 0 Å². The van der Waals surface area contributed by atoms with Gasteiger partial charge in [0.05, 0.1) is 4.75 Å². The number of carbonyl (C=O) groups is 1. The van der Waals surface area contributed by atoms with Gasteiger partial charge >= 0.3 is 0 Å². The summed E-state index contributed by atoms with van der Waals surface area (Å²) in [5.74, 6) is 7.28. The third-order valence-corrected chi connectivity index (χ3v) is 4.02. The van der Waals surface area contributed by atoms with Crippen LogP contribution in [-0.2, 0) is 4.79 Å². The second kappa shape index (κ2) is 4.72. The van der Waals surface area contributed by atoms with Gasteiger partial charge in [-0.1, -0.05) is 0 Å². The summed E-state index contributed by atoms with van der Waals surface area (Å²) < 4.78 is -0.0879. The van der Waals surface area contributed by atoms with Crippen LogP contribution in [0.4, 0.5) is 0 Å². The fraction of sp³-hybridized carbons (Fsp3) is 0.727. The minimum absolute atomic E-state index is 0.0879. The molecule has 0 aromatic rings. The van der Waals surface area contributed by atoms with Crippen LogP contribution >= 0.6 is 11.8 Å². The number of hydrogen-bond donors (Lipinski definition) is 0. The Morgan fingerprint density at radius 3 is 2.92 bits per heavy atom. The van der Waals surface area contributed by atoms with Crippen molar-refractivity contribution in [3.8, 4) is 11.8 Å². The van der Waals surface area contributed by atoms with Crippen LogP contribution in [0.25, 0.3) is 0 Å². The van der Waals surface area contributed by atoms with Crippen molar-refractivity contribution in [1.29, 1.82) is 0 Å². The SMILES string of the molecule is CC#CCCC(=O)C1(C)CCCS1. The van der Waals surface area contributed by atoms with Crippen LogP contribution in [0, 0.1) is 11.8 Å². The molecule has 0 saturated carbocycles. The van der Waals surface area contributed by atoms with Crippen LogP contribution in [0.5, 0.6) is 0 Å². The lowest BCUT2D eigenvalue weighted by Crippen LogP contribution is -2.28. The molecule has 0 aromatic heterocycles. The second-order valence-electron chi connectivity index (χ2n) is 3.53. The van der Waals surface area contributed by atoms with Crippen LogP contribution in [0.2, 0.25) is 0 Å². The lowest BCUT2D eigenvalue weighted by molar-refractivity contribution is -0.120. The Kier molecular flexibility index (Phi) is 3.87. The van der Waals surface area contributed by atoms with Crippen molar-refractivity contribution < 1.29 is 4.79 Å². The summed E-state index contributed by atoms with van der Waals surface area (Å²) in [6, 6.07) is 0. The van der Waals surface area contributed by atoms with E-state index in [0.29, 0.717) is 12.2 Å². The van der Waals surface area contributed by atoms with Crippen LogP contribution in [0.1, 0.15) is 39.5 Å². The summed E-state index contributed by atoms with van der Waals surface area (Å²) >= 11 is 1.81. The van der Waals surface area contributed by atoms with E-state index in [9.17, 15) is 4.79 Å². The standard InChI is InChI=1S/C11H16OS/c1-3-4-5-7-10(12)11(2)8-6-9-13-11/h5-9H2,1-2H3. The van der Waals surface area contributed by atoms with Crippen LogP contribution in [-0.4, -0.2) is 16.3 Å². The molecule has 1 aliphatic rings. The number of Topliss-reactive ketones (excluding diaryl/α,β-unsaturated/α-hetero) is 1. The number of ketones is 1. The summed E-state index contributed by atoms with van der Waals surface area (Å²) in [7, 11) is 0. The molecule has 0 aliphatic carbocycles. The first-order chi connectivity index (χ1) is 6.19. The van der Waals surface area contributed by atoms with Crippen molar-refractivity contribution in [2.45, 2.75) is 44.3 Å². The molecule has 0 bridgehead atoms. The molecule has 1 unspecified atom stereocenters. The number of hydrogen-bond acceptors (Lipinski definition) is 2. The van der Waals surface area contributed by atoms with E-state index < -0.39 is 0 Å². The summed E-state index contributed by atoms with van der Waals surface area (Å²) in [4.78, 5) is 11.8. The normalized spacial score (nSPS) is 26.6. The zero-order valence-corrected chi connectivity index (χ0v) is 9.17. The predicted octanol–water partition coefficient (Wildman–Crippen LogP) is 2.64. The molecule has 0 aromatic carbocycles. The Morgan fingerprint density at radius 1 is 1.62 bits per heavy atom. The molecule has 1 nitrogen and oxygen atoms in total. The van der Waals surface area contributed by atoms with E-state index in [-0.39, 0.29) is 4.75 Å². The molecule has 0 radical (unpaired) electrons. The molecule has 1 atom stereocenters. The number of thioether (sulfide) groups is 1. The zero-order valence-electron chi connectivity index (χ0n) is 8.35. The van der Waals surface area contributed by atoms with Gasteiger partial charge in [-0.05, 0) is 32.4 Å². The first kappa shape index (κ1) is 10.7. The summed E-state index contributed by atoms with van der Waals surface area (Å²) in [6.45, 7) is 3.89. The van der Waals surface area contributed by atoms with Crippen molar-refractivity contribution in [1.82, 2.24) is 0 Å². The van der Waals surface area contributed by atoms with Gasteiger partial charge in [0.2, 0.25) is 0 Å². The quantitative estimate of drug-likeness (QED) is 0.645. The monoisotopic (exact) mass is 196 g/mol. The molecule has 1 fully saturated rings. The smallest absolute Gasteiger partial charge is 0.149 e. The van der Waals surface area contributed by atoms with Gasteiger partial charge in [-0.25, -0.2) is 0 Å². The third kappa shape index (κ3) is 2.77. The molecule has 1 rings (SSSR count). The van der Waals surface area contributed by atoms with Crippen molar-refractivity contribution in [2.24, 2.45) is 0 Å². The van der Waals surface area contributed by atoms with Gasteiger partial charge in [-0.2, -0.15) is 0 Å². The molecule has 0 amide bonds. The minimum Gasteiger partial charge on any atom is -0.298 e. The van der Waals surface area contributed by atoms with E-state index in [1.807, 2.05) is 18.7 Å². The van der Waals surface area contributed by atoms with Crippen molar-refractivity contribution >= 4 is 17.5 Å². The maximum atomic E-state index is 11.8. The molecule has 1 heterocycles. The molecule has 13 heavy (non-hydrogen) atoms. The number of rotatable bonds is 3. The lowest BCUT2D eigenvalue weighted by atomic mass is 9.97. The molecule has 0 N–H and O–H groups in total. The van der Waals surface area contributed by atoms with Crippen molar-refractivity contribution in [3.63, 3.8) is 0 Å². The van der Waals surface area contributed by atoms with E-state index in [4.69, 9.17) is 0 Å². The number of carbonyl (C=O) groups excluding carboxylic acids is 1. The summed E-state index contributed by atoms with van der Waals surface area (Å²) in [6.07, 6.45) is 3.60. The van der Waals surface area contributed by atoms with Gasteiger partial charge in [0.1, 0.15) is 5.78 Å². The molecule has 1 aliphatic heterocycles. The van der Waals surface area contributed by atoms with Gasteiger partial charge in [-0.15, -0.1) is 23.6 Å². The van der Waals surface area contributed by atoms with Crippen LogP contribution < -0.4 is 0 Å². The highest BCUT2D eigenvalue weighted by atomic mass is 32.2. The topological polar surface area (TPSA) is 17.1 Å². The van der Waals surface area contributed by atoms with Crippen LogP contribution in [0.3, 0.4) is 0 Å². The van der Waals surface area contributed by atoms with Gasteiger partial charge in [0.25, 0.3) is 0 Å². The van der Waals surface area contributed by atoms with Gasteiger partial charge in [0.15, 0.2) is 0 Å². The largest absolute Gasteiger partial charge is 0.298 e. The van der Waals surface area contributed by atoms with Gasteiger partial charge in [-0.3, -0.25) is 4.79 Å². The van der Waals surface area contributed by atoms with Crippen molar-refractivity contribution in [2.75, 3.05) is 5.75 Å². The molecule has 2 heteroatoms. The second-order valence-corrected chi connectivity index (χ2v) is 5.13. The highest BCUT2D eigenvalue weighted by Gasteiger charge is 2.35. The molecule has 0 spiro atoms.